The Balaban J connectivity index is -0.0000000322. The van der Waals surface area contributed by atoms with Crippen molar-refractivity contribution < 1.29 is 138 Å². The zero-order valence-corrected chi connectivity index (χ0v) is 35.1. The van der Waals surface area contributed by atoms with Crippen molar-refractivity contribution in [3.05, 3.63) is 0 Å². The van der Waals surface area contributed by atoms with Crippen LogP contribution in [0.2, 0.25) is 27.3 Å². The molecule has 0 aromatic carbocycles. The molecule has 0 unspecified atom stereocenters. The molecule has 0 spiro atoms. The molecule has 0 aromatic heterocycles. The van der Waals surface area contributed by atoms with Crippen LogP contribution >= 0.6 is 103 Å². The third kappa shape index (κ3) is 152. The minimum atomic E-state index is -4.11. The molecule has 0 rings (SSSR count). The molecule has 6 nitrogen and oxygen atoms in total. The van der Waals surface area contributed by atoms with E-state index in [1.165, 1.54) is 0 Å². The fraction of sp³-hybridized carbons (Fsp3) is 1.00. The van der Waals surface area contributed by atoms with Crippen LogP contribution in [-0.4, -0.2) is 65.2 Å². The first-order valence-corrected chi connectivity index (χ1v) is 15.6. The Morgan fingerprint density at radius 1 is 0.788 bits per heavy atom. The van der Waals surface area contributed by atoms with E-state index in [1.807, 2.05) is 0 Å². The van der Waals surface area contributed by atoms with Crippen molar-refractivity contribution in [2.24, 2.45) is 0 Å². The SMILES string of the molecule is CB(C)I.CB(C)I.Cl.ClCCl.F.O=S(=O)([O-])CCCCF.[K+].[K+].[O-]S([O-])([O-])CCCCCl. The minimum Gasteiger partial charge on any atom is -0.834 e. The quantitative estimate of drug-likeness (QED) is 0.117. The summed E-state index contributed by atoms with van der Waals surface area (Å²) in [5, 5.41) is 0.194. The van der Waals surface area contributed by atoms with Crippen LogP contribution in [0.15, 0.2) is 0 Å². The third-order valence-corrected chi connectivity index (χ3v) is 3.40. The van der Waals surface area contributed by atoms with Crippen LogP contribution in [0.1, 0.15) is 25.7 Å². The maximum atomic E-state index is 11.3. The van der Waals surface area contributed by atoms with Gasteiger partial charge in [0.25, 0.3) is 0 Å². The van der Waals surface area contributed by atoms with Crippen LogP contribution in [0, 0.1) is 0 Å². The van der Waals surface area contributed by atoms with E-state index in [4.69, 9.17) is 34.8 Å². The maximum absolute atomic E-state index is 11.3. The first kappa shape index (κ1) is 62.6. The molecule has 20 heteroatoms. The molecule has 0 saturated carbocycles. The topological polar surface area (TPSA) is 126 Å². The average Bonchev–Trinajstić information content (AvgIpc) is 2.45. The van der Waals surface area contributed by atoms with Crippen LogP contribution in [0.4, 0.5) is 9.09 Å². The molecular formula is C13H32B2Cl4F2I2K2O6S2-2. The minimum absolute atomic E-state index is 0. The average molecular weight is 882 g/mol. The molecular weight excluding hydrogens is 850 g/mol. The van der Waals surface area contributed by atoms with Gasteiger partial charge in [-0.1, -0.05) is 33.0 Å². The third-order valence-electron chi connectivity index (χ3n) is 1.56. The Morgan fingerprint density at radius 2 is 1.06 bits per heavy atom. The largest absolute Gasteiger partial charge is 1.00 e. The molecule has 0 amide bonds. The second-order valence-electron chi connectivity index (χ2n) is 5.44. The molecule has 0 aliphatic heterocycles. The summed E-state index contributed by atoms with van der Waals surface area (Å²) < 4.78 is 72.1. The van der Waals surface area contributed by atoms with Crippen molar-refractivity contribution in [1.29, 1.82) is 0 Å². The Labute approximate surface area is 335 Å². The molecule has 0 aliphatic carbocycles. The van der Waals surface area contributed by atoms with E-state index in [2.05, 4.69) is 72.0 Å². The van der Waals surface area contributed by atoms with E-state index >= 15 is 0 Å². The van der Waals surface area contributed by atoms with Gasteiger partial charge in [0.2, 0.25) is 9.14 Å². The van der Waals surface area contributed by atoms with Crippen LogP contribution < -0.4 is 103 Å². The fourth-order valence-corrected chi connectivity index (χ4v) is 2.05. The van der Waals surface area contributed by atoms with Gasteiger partial charge in [-0.05, 0) is 25.7 Å². The summed E-state index contributed by atoms with van der Waals surface area (Å²) in [4.78, 5) is 0. The Kier molecular flexibility index (Phi) is 90.6. The van der Waals surface area contributed by atoms with E-state index in [1.54, 1.807) is 0 Å². The number of hydrogen-bond acceptors (Lipinski definition) is 6. The molecule has 0 saturated heterocycles. The zero-order valence-electron chi connectivity index (χ0n) is 19.9. The summed E-state index contributed by atoms with van der Waals surface area (Å²) in [6.45, 7) is 8.05. The molecule has 0 fully saturated rings. The fourth-order valence-electron chi connectivity index (χ4n) is 0.747. The van der Waals surface area contributed by atoms with Crippen molar-refractivity contribution in [2.75, 3.05) is 29.4 Å². The van der Waals surface area contributed by atoms with Gasteiger partial charge in [-0.25, -0.2) is 8.42 Å². The predicted molar refractivity (Wildman–Crippen MR) is 154 cm³/mol. The van der Waals surface area contributed by atoms with Gasteiger partial charge in [-0.3, -0.25) is 9.09 Å². The van der Waals surface area contributed by atoms with E-state index in [9.17, 15) is 31.0 Å². The summed E-state index contributed by atoms with van der Waals surface area (Å²) in [6.07, 6.45) is 1.24. The van der Waals surface area contributed by atoms with Crippen molar-refractivity contribution in [1.82, 2.24) is 0 Å². The number of alkyl halides is 4. The molecule has 0 atom stereocenters. The van der Waals surface area contributed by atoms with E-state index in [0.29, 0.717) is 18.7 Å². The van der Waals surface area contributed by atoms with E-state index in [-0.39, 0.29) is 144 Å². The Hall–Kier alpha value is 6.02. The molecule has 0 aromatic rings. The normalized spacial score (nSPS) is 9.15. The zero-order chi connectivity index (χ0) is 24.5. The molecule has 0 heterocycles. The van der Waals surface area contributed by atoms with Gasteiger partial charge >= 0.3 is 103 Å². The van der Waals surface area contributed by atoms with Gasteiger partial charge in [0, 0.05) is 11.6 Å². The van der Waals surface area contributed by atoms with Gasteiger partial charge in [0.1, 0.15) is 0 Å². The van der Waals surface area contributed by atoms with Gasteiger partial charge < -0.3 is 29.1 Å². The van der Waals surface area contributed by atoms with Crippen LogP contribution in [0.5, 0.6) is 0 Å². The molecule has 0 bridgehead atoms. The Morgan fingerprint density at radius 3 is 1.24 bits per heavy atom. The monoisotopic (exact) mass is 880 g/mol. The molecule has 0 N–H and O–H groups in total. The first-order chi connectivity index (χ1) is 13.0. The summed E-state index contributed by atoms with van der Waals surface area (Å²) in [5.74, 6) is -0.327. The van der Waals surface area contributed by atoms with Crippen molar-refractivity contribution >= 4 is 122 Å². The van der Waals surface area contributed by atoms with Gasteiger partial charge in [0.05, 0.1) is 22.1 Å². The molecule has 198 valence electrons. The Bertz CT molecular complexity index is 406. The second-order valence-corrected chi connectivity index (χ2v) is 14.7. The number of rotatable bonds is 8. The summed E-state index contributed by atoms with van der Waals surface area (Å²) in [7, 11) is -8.12. The van der Waals surface area contributed by atoms with Crippen molar-refractivity contribution in [3.63, 3.8) is 0 Å². The van der Waals surface area contributed by atoms with Crippen molar-refractivity contribution in [3.8, 4) is 0 Å². The number of halogens is 8. The summed E-state index contributed by atoms with van der Waals surface area (Å²) in [6, 6.07) is 0. The van der Waals surface area contributed by atoms with Gasteiger partial charge in [-0.2, -0.15) is 44.7 Å². The molecule has 33 heavy (non-hydrogen) atoms. The molecule has 0 radical (unpaired) electrons. The summed E-state index contributed by atoms with van der Waals surface area (Å²) in [5.41, 5.74) is 0. The predicted octanol–water partition coefficient (Wildman–Crippen LogP) is 0.831. The van der Waals surface area contributed by atoms with Crippen LogP contribution in [0.3, 0.4) is 0 Å². The molecule has 0 aliphatic rings. The summed E-state index contributed by atoms with van der Waals surface area (Å²) >= 11 is 19.4. The maximum Gasteiger partial charge on any atom is 1.00 e. The van der Waals surface area contributed by atoms with E-state index < -0.39 is 33.4 Å². The second kappa shape index (κ2) is 47.8. The van der Waals surface area contributed by atoms with Crippen LogP contribution in [0.25, 0.3) is 0 Å². The standard InChI is InChI=1S/C4H11ClO3S.C4H9FO3S.2C2H6BI.CH2Cl2.ClH.FH.2K/c2*5-3-1-2-4-9(6,7)8;2*1-3(2)4;2-1-3;;;;/h6-8H,1-4H2;1-4H2,(H,6,7,8);2*1-2H3;1H2;2*1H;;/q;;;;;;;2*+1/p-4. The van der Waals surface area contributed by atoms with Crippen molar-refractivity contribution in [2.45, 2.75) is 53.0 Å². The van der Waals surface area contributed by atoms with E-state index in [0.717, 1.165) is 9.14 Å². The number of hydrogen-bond donors (Lipinski definition) is 0. The van der Waals surface area contributed by atoms with Gasteiger partial charge in [-0.15, -0.1) is 47.2 Å². The smallest absolute Gasteiger partial charge is 0.834 e. The first-order valence-electron chi connectivity index (χ1n) is 8.39. The van der Waals surface area contributed by atoms with Crippen LogP contribution in [-0.2, 0) is 10.1 Å². The number of unbranched alkanes of at least 4 members (excludes halogenated alkanes) is 2. The van der Waals surface area contributed by atoms with Gasteiger partial charge in [0.15, 0.2) is 0 Å².